The summed E-state index contributed by atoms with van der Waals surface area (Å²) in [6.45, 7) is -0.269. The third-order valence-electron chi connectivity index (χ3n) is 3.37. The standard InChI is InChI=1S/C12H8F4O2/c13-8-4-6(12(14,15)16)3-7-10(8)9(17)5-18-11(7)1-2-11/h3-4H,1-2,5H2. The second kappa shape index (κ2) is 3.32. The summed E-state index contributed by atoms with van der Waals surface area (Å²) in [7, 11) is 0. The van der Waals surface area contributed by atoms with Gasteiger partial charge in [0.25, 0.3) is 0 Å². The fraction of sp³-hybridized carbons (Fsp3) is 0.417. The molecule has 3 rings (SSSR count). The normalized spacial score (nSPS) is 21.0. The van der Waals surface area contributed by atoms with E-state index >= 15 is 0 Å². The van der Waals surface area contributed by atoms with Crippen LogP contribution < -0.4 is 0 Å². The van der Waals surface area contributed by atoms with Crippen molar-refractivity contribution in [3.63, 3.8) is 0 Å². The smallest absolute Gasteiger partial charge is 0.362 e. The van der Waals surface area contributed by atoms with Crippen LogP contribution >= 0.6 is 0 Å². The van der Waals surface area contributed by atoms with Crippen molar-refractivity contribution in [2.45, 2.75) is 24.6 Å². The quantitative estimate of drug-likeness (QED) is 0.670. The van der Waals surface area contributed by atoms with Gasteiger partial charge >= 0.3 is 6.18 Å². The first-order chi connectivity index (χ1) is 8.33. The van der Waals surface area contributed by atoms with E-state index in [4.69, 9.17) is 4.74 Å². The lowest BCUT2D eigenvalue weighted by Crippen LogP contribution is -2.29. The number of alkyl halides is 3. The first kappa shape index (κ1) is 11.6. The zero-order valence-corrected chi connectivity index (χ0v) is 9.10. The molecule has 1 saturated carbocycles. The summed E-state index contributed by atoms with van der Waals surface area (Å²) >= 11 is 0. The van der Waals surface area contributed by atoms with Crippen molar-refractivity contribution in [1.82, 2.24) is 0 Å². The highest BCUT2D eigenvalue weighted by molar-refractivity contribution is 6.00. The van der Waals surface area contributed by atoms with Gasteiger partial charge in [-0.1, -0.05) is 0 Å². The molecule has 0 unspecified atom stereocenters. The minimum absolute atomic E-state index is 0.0473. The molecule has 2 aliphatic rings. The van der Waals surface area contributed by atoms with Crippen molar-refractivity contribution in [3.05, 3.63) is 34.6 Å². The largest absolute Gasteiger partial charge is 0.416 e. The maximum atomic E-state index is 13.7. The first-order valence-corrected chi connectivity index (χ1v) is 5.42. The Morgan fingerprint density at radius 1 is 1.22 bits per heavy atom. The summed E-state index contributed by atoms with van der Waals surface area (Å²) in [5.74, 6) is -1.71. The lowest BCUT2D eigenvalue weighted by atomic mass is 9.92. The number of halogens is 4. The van der Waals surface area contributed by atoms with Gasteiger partial charge in [-0.2, -0.15) is 13.2 Å². The molecule has 1 aromatic rings. The van der Waals surface area contributed by atoms with Crippen LogP contribution in [0.2, 0.25) is 0 Å². The summed E-state index contributed by atoms with van der Waals surface area (Å²) < 4.78 is 56.8. The van der Waals surface area contributed by atoms with E-state index in [2.05, 4.69) is 0 Å². The third-order valence-corrected chi connectivity index (χ3v) is 3.37. The van der Waals surface area contributed by atoms with E-state index in [1.165, 1.54) is 0 Å². The highest BCUT2D eigenvalue weighted by atomic mass is 19.4. The topological polar surface area (TPSA) is 26.3 Å². The molecule has 1 fully saturated rings. The number of hydrogen-bond donors (Lipinski definition) is 0. The zero-order chi connectivity index (χ0) is 13.1. The molecule has 1 aliphatic heterocycles. The molecule has 0 atom stereocenters. The molecule has 18 heavy (non-hydrogen) atoms. The maximum Gasteiger partial charge on any atom is 0.416 e. The molecular weight excluding hydrogens is 252 g/mol. The molecule has 2 nitrogen and oxygen atoms in total. The molecule has 0 aromatic heterocycles. The van der Waals surface area contributed by atoms with Gasteiger partial charge < -0.3 is 4.74 Å². The van der Waals surface area contributed by atoms with Gasteiger partial charge in [0.15, 0.2) is 5.78 Å². The molecule has 0 saturated heterocycles. The number of carbonyl (C=O) groups excluding carboxylic acids is 1. The van der Waals surface area contributed by atoms with Gasteiger partial charge in [-0.3, -0.25) is 4.79 Å². The Morgan fingerprint density at radius 3 is 2.44 bits per heavy atom. The lowest BCUT2D eigenvalue weighted by Gasteiger charge is -2.26. The van der Waals surface area contributed by atoms with E-state index < -0.39 is 28.9 Å². The molecule has 0 bridgehead atoms. The second-order valence-corrected chi connectivity index (χ2v) is 4.58. The summed E-state index contributed by atoms with van der Waals surface area (Å²) in [6.07, 6.45) is -3.59. The average molecular weight is 260 g/mol. The van der Waals surface area contributed by atoms with Gasteiger partial charge in [0, 0.05) is 0 Å². The highest BCUT2D eigenvalue weighted by Gasteiger charge is 2.52. The van der Waals surface area contributed by atoms with Gasteiger partial charge in [-0.05, 0) is 30.5 Å². The Hall–Kier alpha value is -1.43. The number of rotatable bonds is 0. The summed E-state index contributed by atoms with van der Waals surface area (Å²) in [4.78, 5) is 11.5. The van der Waals surface area contributed by atoms with Crippen molar-refractivity contribution >= 4 is 5.78 Å². The lowest BCUT2D eigenvalue weighted by molar-refractivity contribution is -0.138. The Balaban J connectivity index is 2.23. The molecule has 0 radical (unpaired) electrons. The molecule has 1 heterocycles. The highest BCUT2D eigenvalue weighted by Crippen LogP contribution is 2.53. The second-order valence-electron chi connectivity index (χ2n) is 4.58. The Labute approximate surface area is 99.5 Å². The van der Waals surface area contributed by atoms with Crippen LogP contribution in [0.3, 0.4) is 0 Å². The minimum Gasteiger partial charge on any atom is -0.362 e. The van der Waals surface area contributed by atoms with Crippen LogP contribution in [0, 0.1) is 5.82 Å². The monoisotopic (exact) mass is 260 g/mol. The number of benzene rings is 1. The van der Waals surface area contributed by atoms with Crippen LogP contribution in [0.5, 0.6) is 0 Å². The van der Waals surface area contributed by atoms with Gasteiger partial charge in [0.05, 0.1) is 16.7 Å². The molecule has 1 aliphatic carbocycles. The van der Waals surface area contributed by atoms with Crippen molar-refractivity contribution in [1.29, 1.82) is 0 Å². The molecule has 0 N–H and O–H groups in total. The van der Waals surface area contributed by atoms with Crippen molar-refractivity contribution in [3.8, 4) is 0 Å². The molecular formula is C12H8F4O2. The predicted molar refractivity (Wildman–Crippen MR) is 52.6 cm³/mol. The molecule has 1 aromatic carbocycles. The van der Waals surface area contributed by atoms with Gasteiger partial charge in [0.2, 0.25) is 0 Å². The van der Waals surface area contributed by atoms with Crippen LogP contribution in [-0.4, -0.2) is 12.4 Å². The molecule has 6 heteroatoms. The zero-order valence-electron chi connectivity index (χ0n) is 9.10. The Morgan fingerprint density at radius 2 is 1.89 bits per heavy atom. The fourth-order valence-electron chi connectivity index (χ4n) is 2.29. The average Bonchev–Trinajstić information content (AvgIpc) is 3.03. The van der Waals surface area contributed by atoms with Crippen LogP contribution in [0.15, 0.2) is 12.1 Å². The Kier molecular flexibility index (Phi) is 2.15. The van der Waals surface area contributed by atoms with Crippen molar-refractivity contribution < 1.29 is 27.1 Å². The van der Waals surface area contributed by atoms with E-state index in [0.29, 0.717) is 18.9 Å². The summed E-state index contributed by atoms with van der Waals surface area (Å²) in [5.41, 5.74) is -2.15. The number of carbonyl (C=O) groups is 1. The number of ketones is 1. The summed E-state index contributed by atoms with van der Waals surface area (Å²) in [5, 5.41) is 0. The maximum absolute atomic E-state index is 13.7. The number of fused-ring (bicyclic) bond motifs is 2. The van der Waals surface area contributed by atoms with Gasteiger partial charge in [0.1, 0.15) is 12.4 Å². The molecule has 1 spiro atoms. The van der Waals surface area contributed by atoms with E-state index in [1.807, 2.05) is 0 Å². The molecule has 0 amide bonds. The van der Waals surface area contributed by atoms with Crippen LogP contribution in [-0.2, 0) is 16.5 Å². The summed E-state index contributed by atoms with van der Waals surface area (Å²) in [6, 6.07) is 1.21. The number of ether oxygens (including phenoxy) is 1. The fourth-order valence-corrected chi connectivity index (χ4v) is 2.29. The third kappa shape index (κ3) is 1.55. The van der Waals surface area contributed by atoms with Gasteiger partial charge in [-0.25, -0.2) is 4.39 Å². The Bertz CT molecular complexity index is 544. The number of Topliss-reactive ketones (excluding diaryl/α,β-unsaturated/α-hetero) is 1. The van der Waals surface area contributed by atoms with Crippen LogP contribution in [0.1, 0.15) is 34.3 Å². The van der Waals surface area contributed by atoms with E-state index in [9.17, 15) is 22.4 Å². The minimum atomic E-state index is -4.63. The van der Waals surface area contributed by atoms with E-state index in [0.717, 1.165) is 6.07 Å². The van der Waals surface area contributed by atoms with Crippen LogP contribution in [0.25, 0.3) is 0 Å². The first-order valence-electron chi connectivity index (χ1n) is 5.42. The van der Waals surface area contributed by atoms with Gasteiger partial charge in [-0.15, -0.1) is 0 Å². The predicted octanol–water partition coefficient (Wildman–Crippen LogP) is 3.05. The van der Waals surface area contributed by atoms with Crippen molar-refractivity contribution in [2.24, 2.45) is 0 Å². The SMILES string of the molecule is O=C1COC2(CC2)c2cc(C(F)(F)F)cc(F)c21. The molecule has 96 valence electrons. The van der Waals surface area contributed by atoms with E-state index in [-0.39, 0.29) is 17.7 Å². The number of hydrogen-bond acceptors (Lipinski definition) is 2. The van der Waals surface area contributed by atoms with Crippen LogP contribution in [0.4, 0.5) is 17.6 Å². The van der Waals surface area contributed by atoms with E-state index in [1.54, 1.807) is 0 Å². The van der Waals surface area contributed by atoms with Crippen molar-refractivity contribution in [2.75, 3.05) is 6.61 Å².